The van der Waals surface area contributed by atoms with Crippen LogP contribution in [-0.2, 0) is 0 Å². The normalized spacial score (nSPS) is 16.0. The van der Waals surface area contributed by atoms with E-state index < -0.39 is 6.04 Å². The molecule has 3 aromatic heterocycles. The topological polar surface area (TPSA) is 90.6 Å². The van der Waals surface area contributed by atoms with Gasteiger partial charge in [0, 0.05) is 12.0 Å². The summed E-state index contributed by atoms with van der Waals surface area (Å²) in [5, 5.41) is 0. The second kappa shape index (κ2) is 6.24. The average Bonchev–Trinajstić information content (AvgIpc) is 3.33. The molecule has 0 fully saturated rings. The van der Waals surface area contributed by atoms with E-state index in [1.54, 1.807) is 27.7 Å². The second-order valence-electron chi connectivity index (χ2n) is 7.15. The summed E-state index contributed by atoms with van der Waals surface area (Å²) in [4.78, 5) is 29.1. The minimum atomic E-state index is -0.395. The molecule has 0 spiro atoms. The molecule has 1 aliphatic rings. The van der Waals surface area contributed by atoms with E-state index in [1.807, 2.05) is 24.3 Å². The van der Waals surface area contributed by atoms with E-state index in [2.05, 4.69) is 19.9 Å². The van der Waals surface area contributed by atoms with Gasteiger partial charge >= 0.3 is 5.69 Å². The molecule has 0 radical (unpaired) electrons. The van der Waals surface area contributed by atoms with Gasteiger partial charge in [0.1, 0.15) is 23.4 Å². The van der Waals surface area contributed by atoms with E-state index in [1.165, 1.54) is 12.1 Å². The average molecular weight is 402 g/mol. The van der Waals surface area contributed by atoms with Gasteiger partial charge in [0.15, 0.2) is 5.65 Å². The molecule has 1 atom stereocenters. The van der Waals surface area contributed by atoms with Crippen LogP contribution < -0.4 is 10.4 Å². The number of benzene rings is 2. The van der Waals surface area contributed by atoms with Crippen molar-refractivity contribution in [3.05, 3.63) is 76.9 Å². The standard InChI is InChI=1S/C21H15FN6O2/c22-12-5-6-18-13(9-12)16(7-8-30-18)28-19-15(25-21(28)29)10-23-20(26-19)27-11-24-14-3-1-2-4-17(14)27/h1-6,9-11,16H,7-8H2,(H,25,29)/t16-/m1/s1. The second-order valence-corrected chi connectivity index (χ2v) is 7.15. The molecule has 0 saturated heterocycles. The van der Waals surface area contributed by atoms with Crippen LogP contribution in [0.15, 0.2) is 59.8 Å². The minimum absolute atomic E-state index is 0.325. The SMILES string of the molecule is O=c1[nH]c2cnc(-n3cnc4ccccc43)nc2n1[C@@H]1CCOc2ccc(F)cc21. The van der Waals surface area contributed by atoms with Crippen molar-refractivity contribution in [2.45, 2.75) is 12.5 Å². The van der Waals surface area contributed by atoms with Crippen LogP contribution in [0.1, 0.15) is 18.0 Å². The summed E-state index contributed by atoms with van der Waals surface area (Å²) in [6, 6.07) is 11.6. The van der Waals surface area contributed by atoms with Crippen molar-refractivity contribution in [1.29, 1.82) is 0 Å². The summed E-state index contributed by atoms with van der Waals surface area (Å²) in [5.41, 5.74) is 2.94. The van der Waals surface area contributed by atoms with Gasteiger partial charge in [-0.1, -0.05) is 12.1 Å². The fraction of sp³-hybridized carbons (Fsp3) is 0.143. The Morgan fingerprint density at radius 3 is 3.00 bits per heavy atom. The fourth-order valence-electron chi connectivity index (χ4n) is 4.05. The zero-order valence-electron chi connectivity index (χ0n) is 15.6. The van der Waals surface area contributed by atoms with Crippen molar-refractivity contribution in [3.8, 4) is 11.7 Å². The van der Waals surface area contributed by atoms with Crippen molar-refractivity contribution in [3.63, 3.8) is 0 Å². The molecule has 1 N–H and O–H groups in total. The predicted octanol–water partition coefficient (Wildman–Crippen LogP) is 2.97. The van der Waals surface area contributed by atoms with Crippen LogP contribution in [-0.4, -0.2) is 35.7 Å². The van der Waals surface area contributed by atoms with Crippen LogP contribution in [0.25, 0.3) is 28.1 Å². The number of imidazole rings is 2. The number of nitrogens with zero attached hydrogens (tertiary/aromatic N) is 5. The van der Waals surface area contributed by atoms with Gasteiger partial charge in [-0.25, -0.2) is 19.2 Å². The number of para-hydroxylation sites is 2. The first-order valence-electron chi connectivity index (χ1n) is 9.51. The van der Waals surface area contributed by atoms with E-state index in [0.29, 0.717) is 41.5 Å². The lowest BCUT2D eigenvalue weighted by Crippen LogP contribution is -2.28. The Hall–Kier alpha value is -4.01. The van der Waals surface area contributed by atoms with Crippen LogP contribution in [0.4, 0.5) is 4.39 Å². The van der Waals surface area contributed by atoms with Crippen LogP contribution >= 0.6 is 0 Å². The van der Waals surface area contributed by atoms with Gasteiger partial charge in [-0.05, 0) is 30.3 Å². The zero-order chi connectivity index (χ0) is 20.2. The Kier molecular flexibility index (Phi) is 3.52. The number of halogens is 1. The Morgan fingerprint density at radius 1 is 1.17 bits per heavy atom. The molecular weight excluding hydrogens is 387 g/mol. The fourth-order valence-corrected chi connectivity index (χ4v) is 4.05. The monoisotopic (exact) mass is 402 g/mol. The lowest BCUT2D eigenvalue weighted by molar-refractivity contribution is 0.255. The number of ether oxygens (including phenoxy) is 1. The number of fused-ring (bicyclic) bond motifs is 3. The summed E-state index contributed by atoms with van der Waals surface area (Å²) in [7, 11) is 0. The highest BCUT2D eigenvalue weighted by Gasteiger charge is 2.27. The van der Waals surface area contributed by atoms with E-state index in [-0.39, 0.29) is 11.5 Å². The molecule has 0 unspecified atom stereocenters. The first-order valence-corrected chi connectivity index (χ1v) is 9.51. The molecular formula is C21H15FN6O2. The molecule has 0 saturated carbocycles. The smallest absolute Gasteiger partial charge is 0.328 e. The molecule has 9 heteroatoms. The Morgan fingerprint density at radius 2 is 2.07 bits per heavy atom. The van der Waals surface area contributed by atoms with Crippen LogP contribution in [0.5, 0.6) is 5.75 Å². The summed E-state index contributed by atoms with van der Waals surface area (Å²) < 4.78 is 22.9. The molecule has 0 aliphatic carbocycles. The van der Waals surface area contributed by atoms with Crippen LogP contribution in [0, 0.1) is 5.82 Å². The lowest BCUT2D eigenvalue weighted by Gasteiger charge is -2.26. The molecule has 4 heterocycles. The number of nitrogens with one attached hydrogen (secondary N) is 1. The maximum atomic E-state index is 13.9. The van der Waals surface area contributed by atoms with Crippen LogP contribution in [0.2, 0.25) is 0 Å². The number of aromatic amines is 1. The highest BCUT2D eigenvalue weighted by atomic mass is 19.1. The van der Waals surface area contributed by atoms with Crippen molar-refractivity contribution >= 4 is 22.2 Å². The molecule has 5 aromatic rings. The Bertz CT molecular complexity index is 1480. The highest BCUT2D eigenvalue weighted by Crippen LogP contribution is 2.35. The highest BCUT2D eigenvalue weighted by molar-refractivity contribution is 5.77. The molecule has 6 rings (SSSR count). The van der Waals surface area contributed by atoms with Gasteiger partial charge in [0.25, 0.3) is 0 Å². The van der Waals surface area contributed by atoms with Gasteiger partial charge < -0.3 is 9.72 Å². The summed E-state index contributed by atoms with van der Waals surface area (Å²) in [6.07, 6.45) is 3.76. The predicted molar refractivity (Wildman–Crippen MR) is 107 cm³/mol. The molecule has 0 amide bonds. The molecule has 2 aromatic carbocycles. The van der Waals surface area contributed by atoms with Crippen molar-refractivity contribution in [2.24, 2.45) is 0 Å². The first kappa shape index (κ1) is 16.9. The van der Waals surface area contributed by atoms with E-state index >= 15 is 0 Å². The summed E-state index contributed by atoms with van der Waals surface area (Å²) in [6.45, 7) is 0.423. The minimum Gasteiger partial charge on any atom is -0.493 e. The number of hydrogen-bond donors (Lipinski definition) is 1. The van der Waals surface area contributed by atoms with Crippen molar-refractivity contribution < 1.29 is 9.13 Å². The number of H-pyrrole nitrogens is 1. The van der Waals surface area contributed by atoms with E-state index in [4.69, 9.17) is 4.74 Å². The van der Waals surface area contributed by atoms with E-state index in [0.717, 1.165) is 11.0 Å². The first-order chi connectivity index (χ1) is 14.7. The Balaban J connectivity index is 1.56. The molecule has 0 bridgehead atoms. The maximum absolute atomic E-state index is 13.9. The summed E-state index contributed by atoms with van der Waals surface area (Å²) >= 11 is 0. The molecule has 148 valence electrons. The third-order valence-corrected chi connectivity index (χ3v) is 5.40. The Labute approximate surface area is 168 Å². The van der Waals surface area contributed by atoms with Gasteiger partial charge in [-0.3, -0.25) is 9.13 Å². The van der Waals surface area contributed by atoms with Crippen molar-refractivity contribution in [1.82, 2.24) is 29.1 Å². The number of rotatable bonds is 2. The third kappa shape index (κ3) is 2.45. The maximum Gasteiger partial charge on any atom is 0.328 e. The number of hydrogen-bond acceptors (Lipinski definition) is 5. The third-order valence-electron chi connectivity index (χ3n) is 5.40. The van der Waals surface area contributed by atoms with Gasteiger partial charge in [-0.15, -0.1) is 0 Å². The van der Waals surface area contributed by atoms with Gasteiger partial charge in [0.2, 0.25) is 5.95 Å². The molecule has 1 aliphatic heterocycles. The lowest BCUT2D eigenvalue weighted by atomic mass is 10.00. The van der Waals surface area contributed by atoms with Crippen molar-refractivity contribution in [2.75, 3.05) is 6.61 Å². The van der Waals surface area contributed by atoms with Gasteiger partial charge in [0.05, 0.1) is 29.9 Å². The molecule has 30 heavy (non-hydrogen) atoms. The largest absolute Gasteiger partial charge is 0.493 e. The van der Waals surface area contributed by atoms with Crippen LogP contribution in [0.3, 0.4) is 0 Å². The molecule has 8 nitrogen and oxygen atoms in total. The zero-order valence-corrected chi connectivity index (χ0v) is 15.6. The van der Waals surface area contributed by atoms with E-state index in [9.17, 15) is 9.18 Å². The summed E-state index contributed by atoms with van der Waals surface area (Å²) in [5.74, 6) is 0.594. The van der Waals surface area contributed by atoms with Gasteiger partial charge in [-0.2, -0.15) is 4.98 Å². The number of aromatic nitrogens is 6. The quantitative estimate of drug-likeness (QED) is 0.490.